The Morgan fingerprint density at radius 2 is 2.17 bits per heavy atom. The predicted octanol–water partition coefficient (Wildman–Crippen LogP) is 1.77. The maximum Gasteiger partial charge on any atom is 0.125 e. The first-order chi connectivity index (χ1) is 4.75. The minimum absolute atomic E-state index is 0. The van der Waals surface area contributed by atoms with E-state index >= 15 is 0 Å². The molecule has 0 fully saturated rings. The fraction of sp³-hybridized carbons (Fsp3) is 0.571. The molecule has 1 aromatic heterocycles. The Morgan fingerprint density at radius 1 is 1.58 bits per heavy atom. The Kier molecular flexibility index (Phi) is 7.48. The lowest BCUT2D eigenvalue weighted by atomic mass is 10.3. The highest BCUT2D eigenvalue weighted by Gasteiger charge is 2.04. The predicted molar refractivity (Wildman–Crippen MR) is 55.0 cm³/mol. The summed E-state index contributed by atoms with van der Waals surface area (Å²) in [4.78, 5) is 4.12. The molecule has 1 unspecified atom stereocenters. The van der Waals surface area contributed by atoms with E-state index in [1.54, 1.807) is 6.20 Å². The van der Waals surface area contributed by atoms with Crippen LogP contribution < -0.4 is 5.73 Å². The second-order valence-electron chi connectivity index (χ2n) is 2.36. The van der Waals surface area contributed by atoms with Crippen molar-refractivity contribution in [3.05, 3.63) is 18.2 Å². The molecule has 12 heavy (non-hydrogen) atoms. The summed E-state index contributed by atoms with van der Waals surface area (Å²) in [5.74, 6) is 0.961. The molecular formula is C7H15Cl2N3. The Labute approximate surface area is 85.2 Å². The van der Waals surface area contributed by atoms with Crippen LogP contribution in [0.4, 0.5) is 0 Å². The van der Waals surface area contributed by atoms with E-state index in [-0.39, 0.29) is 30.9 Å². The van der Waals surface area contributed by atoms with Gasteiger partial charge in [-0.05, 0) is 13.8 Å². The van der Waals surface area contributed by atoms with Gasteiger partial charge in [-0.1, -0.05) is 0 Å². The molecule has 1 heterocycles. The first-order valence-electron chi connectivity index (χ1n) is 3.52. The lowest BCUT2D eigenvalue weighted by Gasteiger charge is -2.06. The molecule has 1 rings (SSSR count). The van der Waals surface area contributed by atoms with Crippen LogP contribution in [0.3, 0.4) is 0 Å². The number of hydrogen-bond donors (Lipinski definition) is 1. The molecule has 1 aromatic rings. The molecule has 0 spiro atoms. The van der Waals surface area contributed by atoms with Crippen molar-refractivity contribution in [3.63, 3.8) is 0 Å². The Morgan fingerprint density at radius 3 is 2.50 bits per heavy atom. The Hall–Kier alpha value is -0.250. The molecule has 0 saturated heterocycles. The quantitative estimate of drug-likeness (QED) is 0.811. The van der Waals surface area contributed by atoms with Crippen molar-refractivity contribution in [1.82, 2.24) is 9.55 Å². The van der Waals surface area contributed by atoms with Crippen LogP contribution in [0.15, 0.2) is 12.4 Å². The zero-order valence-corrected chi connectivity index (χ0v) is 8.86. The van der Waals surface area contributed by atoms with Gasteiger partial charge in [0.05, 0.1) is 6.04 Å². The van der Waals surface area contributed by atoms with Crippen LogP contribution in [-0.4, -0.2) is 9.55 Å². The van der Waals surface area contributed by atoms with Crippen molar-refractivity contribution in [2.75, 3.05) is 0 Å². The van der Waals surface area contributed by atoms with E-state index in [1.807, 2.05) is 17.7 Å². The average molecular weight is 212 g/mol. The van der Waals surface area contributed by atoms with Crippen LogP contribution in [-0.2, 0) is 6.54 Å². The molecule has 72 valence electrons. The monoisotopic (exact) mass is 211 g/mol. The Bertz CT molecular complexity index is 210. The van der Waals surface area contributed by atoms with Gasteiger partial charge < -0.3 is 10.3 Å². The largest absolute Gasteiger partial charge is 0.334 e. The van der Waals surface area contributed by atoms with Crippen molar-refractivity contribution in [1.29, 1.82) is 0 Å². The molecule has 5 heteroatoms. The number of hydrogen-bond acceptors (Lipinski definition) is 2. The fourth-order valence-corrected chi connectivity index (χ4v) is 0.987. The summed E-state index contributed by atoms with van der Waals surface area (Å²) in [5, 5.41) is 0. The zero-order chi connectivity index (χ0) is 7.56. The molecule has 0 radical (unpaired) electrons. The van der Waals surface area contributed by atoms with E-state index in [0.29, 0.717) is 0 Å². The van der Waals surface area contributed by atoms with Gasteiger partial charge in [0.2, 0.25) is 0 Å². The topological polar surface area (TPSA) is 43.8 Å². The number of nitrogens with zero attached hydrogens (tertiary/aromatic N) is 2. The first kappa shape index (κ1) is 14.3. The molecule has 0 aliphatic heterocycles. The average Bonchev–Trinajstić information content (AvgIpc) is 2.33. The molecule has 0 aromatic carbocycles. The van der Waals surface area contributed by atoms with Gasteiger partial charge in [-0.25, -0.2) is 4.98 Å². The summed E-state index contributed by atoms with van der Waals surface area (Å²) in [6.45, 7) is 4.96. The molecular weight excluding hydrogens is 197 g/mol. The van der Waals surface area contributed by atoms with E-state index in [4.69, 9.17) is 5.73 Å². The van der Waals surface area contributed by atoms with Gasteiger partial charge in [0.25, 0.3) is 0 Å². The smallest absolute Gasteiger partial charge is 0.125 e. The highest BCUT2D eigenvalue weighted by atomic mass is 35.5. The number of aromatic nitrogens is 2. The minimum atomic E-state index is 0. The summed E-state index contributed by atoms with van der Waals surface area (Å²) >= 11 is 0. The standard InChI is InChI=1S/C7H13N3.2ClH/c1-3-10-5-4-9-7(10)6(2)8;;/h4-6H,3,8H2,1-2H3;2*1H. The van der Waals surface area contributed by atoms with E-state index in [2.05, 4.69) is 11.9 Å². The van der Waals surface area contributed by atoms with Crippen molar-refractivity contribution in [3.8, 4) is 0 Å². The SMILES string of the molecule is CCn1ccnc1C(C)N.Cl.Cl. The molecule has 1 atom stereocenters. The highest BCUT2D eigenvalue weighted by molar-refractivity contribution is 5.85. The van der Waals surface area contributed by atoms with Crippen molar-refractivity contribution >= 4 is 24.8 Å². The molecule has 3 nitrogen and oxygen atoms in total. The van der Waals surface area contributed by atoms with Gasteiger partial charge in [-0.2, -0.15) is 0 Å². The van der Waals surface area contributed by atoms with Crippen molar-refractivity contribution in [2.24, 2.45) is 5.73 Å². The molecule has 2 N–H and O–H groups in total. The highest BCUT2D eigenvalue weighted by Crippen LogP contribution is 2.05. The normalized spacial score (nSPS) is 11.2. The number of imidazole rings is 1. The number of rotatable bonds is 2. The summed E-state index contributed by atoms with van der Waals surface area (Å²) in [6, 6.07) is 0.0370. The van der Waals surface area contributed by atoms with Gasteiger partial charge in [0.15, 0.2) is 0 Å². The van der Waals surface area contributed by atoms with E-state index in [0.717, 1.165) is 12.4 Å². The van der Waals surface area contributed by atoms with E-state index in [9.17, 15) is 0 Å². The summed E-state index contributed by atoms with van der Waals surface area (Å²) < 4.78 is 2.05. The minimum Gasteiger partial charge on any atom is -0.334 e. The lowest BCUT2D eigenvalue weighted by molar-refractivity contribution is 0.637. The third-order valence-corrected chi connectivity index (χ3v) is 1.50. The zero-order valence-electron chi connectivity index (χ0n) is 7.23. The van der Waals surface area contributed by atoms with Gasteiger partial charge >= 0.3 is 0 Å². The molecule has 0 aliphatic rings. The second kappa shape index (κ2) is 6.29. The van der Waals surface area contributed by atoms with Crippen LogP contribution in [0.2, 0.25) is 0 Å². The summed E-state index contributed by atoms with van der Waals surface area (Å²) in [5.41, 5.74) is 5.65. The van der Waals surface area contributed by atoms with Crippen LogP contribution >= 0.6 is 24.8 Å². The van der Waals surface area contributed by atoms with E-state index in [1.165, 1.54) is 0 Å². The maximum atomic E-state index is 5.65. The lowest BCUT2D eigenvalue weighted by Crippen LogP contribution is -2.12. The molecule has 0 amide bonds. The Balaban J connectivity index is 0. The van der Waals surface area contributed by atoms with Crippen LogP contribution in [0.5, 0.6) is 0 Å². The van der Waals surface area contributed by atoms with Gasteiger partial charge in [-0.3, -0.25) is 0 Å². The van der Waals surface area contributed by atoms with Crippen LogP contribution in [0, 0.1) is 0 Å². The number of halogens is 2. The maximum absolute atomic E-state index is 5.65. The van der Waals surface area contributed by atoms with Gasteiger partial charge in [0, 0.05) is 18.9 Å². The van der Waals surface area contributed by atoms with Crippen LogP contribution in [0.25, 0.3) is 0 Å². The fourth-order valence-electron chi connectivity index (χ4n) is 0.987. The van der Waals surface area contributed by atoms with Crippen molar-refractivity contribution < 1.29 is 0 Å². The first-order valence-corrected chi connectivity index (χ1v) is 3.52. The van der Waals surface area contributed by atoms with E-state index < -0.39 is 0 Å². The molecule has 0 aliphatic carbocycles. The van der Waals surface area contributed by atoms with Gasteiger partial charge in [-0.15, -0.1) is 24.8 Å². The third-order valence-electron chi connectivity index (χ3n) is 1.50. The van der Waals surface area contributed by atoms with Crippen molar-refractivity contribution in [2.45, 2.75) is 26.4 Å². The number of aryl methyl sites for hydroxylation is 1. The third kappa shape index (κ3) is 3.01. The number of nitrogens with two attached hydrogens (primary N) is 1. The molecule has 0 bridgehead atoms. The van der Waals surface area contributed by atoms with Gasteiger partial charge in [0.1, 0.15) is 5.82 Å². The summed E-state index contributed by atoms with van der Waals surface area (Å²) in [7, 11) is 0. The summed E-state index contributed by atoms with van der Waals surface area (Å²) in [6.07, 6.45) is 3.72. The van der Waals surface area contributed by atoms with Crippen LogP contribution in [0.1, 0.15) is 25.7 Å². The second-order valence-corrected chi connectivity index (χ2v) is 2.36. The molecule has 0 saturated carbocycles.